The van der Waals surface area contributed by atoms with Crippen molar-refractivity contribution in [3.05, 3.63) is 28.2 Å². The van der Waals surface area contributed by atoms with Gasteiger partial charge in [0, 0.05) is 10.0 Å². The molecule has 1 aliphatic carbocycles. The SMILES string of the molecule is COc1ccc(Br)c(C2(O)CCC2)c1. The summed E-state index contributed by atoms with van der Waals surface area (Å²) >= 11 is 3.45. The van der Waals surface area contributed by atoms with E-state index in [2.05, 4.69) is 15.9 Å². The van der Waals surface area contributed by atoms with E-state index in [4.69, 9.17) is 4.74 Å². The van der Waals surface area contributed by atoms with Gasteiger partial charge >= 0.3 is 0 Å². The van der Waals surface area contributed by atoms with Crippen molar-refractivity contribution in [2.75, 3.05) is 7.11 Å². The van der Waals surface area contributed by atoms with Crippen molar-refractivity contribution in [3.8, 4) is 5.75 Å². The van der Waals surface area contributed by atoms with Gasteiger partial charge in [-0.05, 0) is 37.5 Å². The van der Waals surface area contributed by atoms with Gasteiger partial charge in [-0.3, -0.25) is 0 Å². The van der Waals surface area contributed by atoms with Crippen LogP contribution in [0.4, 0.5) is 0 Å². The van der Waals surface area contributed by atoms with Gasteiger partial charge in [0.05, 0.1) is 12.7 Å². The molecule has 1 N–H and O–H groups in total. The standard InChI is InChI=1S/C11H13BrO2/c1-14-8-3-4-10(12)9(7-8)11(13)5-2-6-11/h3-4,7,13H,2,5-6H2,1H3. The monoisotopic (exact) mass is 256 g/mol. The first-order chi connectivity index (χ1) is 6.65. The highest BCUT2D eigenvalue weighted by Gasteiger charge is 2.37. The van der Waals surface area contributed by atoms with Crippen LogP contribution in [0.3, 0.4) is 0 Å². The minimum atomic E-state index is -0.632. The van der Waals surface area contributed by atoms with Gasteiger partial charge in [0.2, 0.25) is 0 Å². The van der Waals surface area contributed by atoms with Crippen molar-refractivity contribution in [2.45, 2.75) is 24.9 Å². The molecule has 0 aliphatic heterocycles. The summed E-state index contributed by atoms with van der Waals surface area (Å²) < 4.78 is 6.10. The number of halogens is 1. The zero-order chi connectivity index (χ0) is 10.2. The Morgan fingerprint density at radius 2 is 2.14 bits per heavy atom. The van der Waals surface area contributed by atoms with E-state index in [9.17, 15) is 5.11 Å². The van der Waals surface area contributed by atoms with E-state index < -0.39 is 5.60 Å². The van der Waals surface area contributed by atoms with Gasteiger partial charge in [-0.15, -0.1) is 0 Å². The van der Waals surface area contributed by atoms with E-state index >= 15 is 0 Å². The molecule has 1 aliphatic rings. The van der Waals surface area contributed by atoms with E-state index in [1.165, 1.54) is 0 Å². The summed E-state index contributed by atoms with van der Waals surface area (Å²) in [6.45, 7) is 0. The number of rotatable bonds is 2. The molecule has 0 saturated heterocycles. The smallest absolute Gasteiger partial charge is 0.119 e. The van der Waals surface area contributed by atoms with Crippen molar-refractivity contribution in [3.63, 3.8) is 0 Å². The third-order valence-electron chi connectivity index (χ3n) is 2.86. The average Bonchev–Trinajstić information content (AvgIpc) is 2.15. The summed E-state index contributed by atoms with van der Waals surface area (Å²) in [7, 11) is 1.64. The molecule has 0 heterocycles. The van der Waals surface area contributed by atoms with Crippen LogP contribution in [0.15, 0.2) is 22.7 Å². The summed E-state index contributed by atoms with van der Waals surface area (Å²) in [5.41, 5.74) is 0.316. The largest absolute Gasteiger partial charge is 0.497 e. The summed E-state index contributed by atoms with van der Waals surface area (Å²) in [4.78, 5) is 0. The second kappa shape index (κ2) is 3.55. The molecule has 0 amide bonds. The highest BCUT2D eigenvalue weighted by atomic mass is 79.9. The molecule has 76 valence electrons. The Labute approximate surface area is 92.0 Å². The summed E-state index contributed by atoms with van der Waals surface area (Å²) in [6, 6.07) is 5.71. The van der Waals surface area contributed by atoms with Crippen LogP contribution in [0.1, 0.15) is 24.8 Å². The summed E-state index contributed by atoms with van der Waals surface area (Å²) in [6.07, 6.45) is 2.79. The lowest BCUT2D eigenvalue weighted by atomic mass is 9.75. The molecule has 3 heteroatoms. The fourth-order valence-electron chi connectivity index (χ4n) is 1.77. The zero-order valence-electron chi connectivity index (χ0n) is 8.09. The molecule has 1 aromatic rings. The molecule has 0 radical (unpaired) electrons. The normalized spacial score (nSPS) is 18.8. The summed E-state index contributed by atoms with van der Waals surface area (Å²) in [5, 5.41) is 10.2. The number of hydrogen-bond acceptors (Lipinski definition) is 2. The van der Waals surface area contributed by atoms with Crippen LogP contribution in [-0.4, -0.2) is 12.2 Å². The summed E-state index contributed by atoms with van der Waals surface area (Å²) in [5.74, 6) is 0.795. The molecule has 14 heavy (non-hydrogen) atoms. The third kappa shape index (κ3) is 1.55. The number of benzene rings is 1. The molecule has 0 aromatic heterocycles. The van der Waals surface area contributed by atoms with Crippen LogP contribution in [0.2, 0.25) is 0 Å². The Morgan fingerprint density at radius 3 is 2.64 bits per heavy atom. The lowest BCUT2D eigenvalue weighted by Crippen LogP contribution is -2.33. The molecule has 0 spiro atoms. The van der Waals surface area contributed by atoms with Crippen LogP contribution < -0.4 is 4.74 Å². The Bertz CT molecular complexity index is 345. The van der Waals surface area contributed by atoms with E-state index in [1.807, 2.05) is 18.2 Å². The molecule has 2 nitrogen and oxygen atoms in total. The number of methoxy groups -OCH3 is 1. The molecule has 0 unspecified atom stereocenters. The van der Waals surface area contributed by atoms with Crippen molar-refractivity contribution >= 4 is 15.9 Å². The maximum absolute atomic E-state index is 10.2. The zero-order valence-corrected chi connectivity index (χ0v) is 9.67. The van der Waals surface area contributed by atoms with Crippen molar-refractivity contribution < 1.29 is 9.84 Å². The molecule has 1 saturated carbocycles. The molecular weight excluding hydrogens is 244 g/mol. The first-order valence-corrected chi connectivity index (χ1v) is 5.51. The predicted octanol–water partition coefficient (Wildman–Crippen LogP) is 2.83. The number of ether oxygens (including phenoxy) is 1. The first-order valence-electron chi connectivity index (χ1n) is 4.72. The second-order valence-electron chi connectivity index (χ2n) is 3.73. The third-order valence-corrected chi connectivity index (χ3v) is 3.55. The Kier molecular flexibility index (Phi) is 2.54. The molecule has 0 atom stereocenters. The molecule has 2 rings (SSSR count). The van der Waals surface area contributed by atoms with Crippen molar-refractivity contribution in [1.82, 2.24) is 0 Å². The van der Waals surface area contributed by atoms with Crippen LogP contribution in [0, 0.1) is 0 Å². The van der Waals surface area contributed by atoms with Gasteiger partial charge in [0.1, 0.15) is 5.75 Å². The fraction of sp³-hybridized carbons (Fsp3) is 0.455. The number of aliphatic hydroxyl groups is 1. The molecular formula is C11H13BrO2. The predicted molar refractivity (Wildman–Crippen MR) is 58.4 cm³/mol. The van der Waals surface area contributed by atoms with E-state index in [0.29, 0.717) is 0 Å². The topological polar surface area (TPSA) is 29.5 Å². The lowest BCUT2D eigenvalue weighted by molar-refractivity contribution is -0.0395. The minimum absolute atomic E-state index is 0.632. The van der Waals surface area contributed by atoms with Crippen LogP contribution >= 0.6 is 15.9 Å². The molecule has 0 bridgehead atoms. The lowest BCUT2D eigenvalue weighted by Gasteiger charge is -2.37. The van der Waals surface area contributed by atoms with Crippen molar-refractivity contribution in [2.24, 2.45) is 0 Å². The van der Waals surface area contributed by atoms with Crippen LogP contribution in [0.25, 0.3) is 0 Å². The Balaban J connectivity index is 2.40. The Morgan fingerprint density at radius 1 is 1.43 bits per heavy atom. The van der Waals surface area contributed by atoms with Gasteiger partial charge in [-0.2, -0.15) is 0 Å². The minimum Gasteiger partial charge on any atom is -0.497 e. The van der Waals surface area contributed by atoms with E-state index in [-0.39, 0.29) is 0 Å². The highest BCUT2D eigenvalue weighted by Crippen LogP contribution is 2.44. The highest BCUT2D eigenvalue weighted by molar-refractivity contribution is 9.10. The molecule has 1 aromatic carbocycles. The van der Waals surface area contributed by atoms with Gasteiger partial charge < -0.3 is 9.84 Å². The maximum atomic E-state index is 10.2. The van der Waals surface area contributed by atoms with Gasteiger partial charge in [-0.25, -0.2) is 0 Å². The van der Waals surface area contributed by atoms with Crippen LogP contribution in [0.5, 0.6) is 5.75 Å². The van der Waals surface area contributed by atoms with Gasteiger partial charge in [0.15, 0.2) is 0 Å². The number of hydrogen-bond donors (Lipinski definition) is 1. The van der Waals surface area contributed by atoms with Crippen molar-refractivity contribution in [1.29, 1.82) is 0 Å². The first kappa shape index (κ1) is 9.99. The van der Waals surface area contributed by atoms with E-state index in [0.717, 1.165) is 35.0 Å². The maximum Gasteiger partial charge on any atom is 0.119 e. The second-order valence-corrected chi connectivity index (χ2v) is 4.59. The Hall–Kier alpha value is -0.540. The van der Waals surface area contributed by atoms with Crippen LogP contribution in [-0.2, 0) is 5.60 Å². The molecule has 1 fully saturated rings. The average molecular weight is 257 g/mol. The quantitative estimate of drug-likeness (QED) is 0.882. The fourth-order valence-corrected chi connectivity index (χ4v) is 2.38. The van der Waals surface area contributed by atoms with Gasteiger partial charge in [0.25, 0.3) is 0 Å². The van der Waals surface area contributed by atoms with E-state index in [1.54, 1.807) is 7.11 Å². The van der Waals surface area contributed by atoms with Gasteiger partial charge in [-0.1, -0.05) is 15.9 Å².